The zero-order chi connectivity index (χ0) is 15.0. The molecule has 21 heavy (non-hydrogen) atoms. The Hall–Kier alpha value is 0.210. The van der Waals surface area contributed by atoms with Crippen LogP contribution in [0.1, 0.15) is 37.3 Å². The largest absolute Gasteiger partial charge is 0.251 e. The molecule has 1 saturated carbocycles. The van der Waals surface area contributed by atoms with Gasteiger partial charge in [0.15, 0.2) is 5.82 Å². The second kappa shape index (κ2) is 6.76. The summed E-state index contributed by atoms with van der Waals surface area (Å²) in [4.78, 5) is 13.6. The van der Waals surface area contributed by atoms with Crippen LogP contribution in [-0.4, -0.2) is 15.0 Å². The minimum atomic E-state index is 0.491. The molecule has 0 aromatic carbocycles. The molecule has 2 aromatic rings. The highest BCUT2D eigenvalue weighted by atomic mass is 127. The summed E-state index contributed by atoms with van der Waals surface area (Å²) in [6, 6.07) is 1.94. The van der Waals surface area contributed by atoms with E-state index in [1.807, 2.05) is 6.07 Å². The summed E-state index contributed by atoms with van der Waals surface area (Å²) < 4.78 is 2.73. The Labute approximate surface area is 158 Å². The predicted octanol–water partition coefficient (Wildman–Crippen LogP) is 5.98. The molecule has 0 saturated heterocycles. The van der Waals surface area contributed by atoms with E-state index < -0.39 is 0 Å². The number of rotatable bonds is 2. The van der Waals surface area contributed by atoms with E-state index in [2.05, 4.69) is 64.4 Å². The lowest BCUT2D eigenvalue weighted by Crippen LogP contribution is -2.05. The number of aromatic nitrogens is 3. The third-order valence-electron chi connectivity index (χ3n) is 3.60. The highest BCUT2D eigenvalue weighted by Crippen LogP contribution is 2.38. The molecule has 0 unspecified atom stereocenters. The molecule has 0 N–H and O–H groups in total. The van der Waals surface area contributed by atoms with Crippen LogP contribution in [0.4, 0.5) is 0 Å². The molecule has 2 aromatic heterocycles. The number of nitrogens with zero attached hydrogens (tertiary/aromatic N) is 3. The molecule has 3 nitrogen and oxygen atoms in total. The van der Waals surface area contributed by atoms with Gasteiger partial charge < -0.3 is 0 Å². The van der Waals surface area contributed by atoms with Crippen LogP contribution in [0.2, 0.25) is 5.15 Å². The van der Waals surface area contributed by atoms with E-state index in [1.165, 1.54) is 25.7 Å². The summed E-state index contributed by atoms with van der Waals surface area (Å²) in [5.74, 6) is 1.08. The Morgan fingerprint density at radius 2 is 1.90 bits per heavy atom. The molecule has 2 heterocycles. The third kappa shape index (κ3) is 3.43. The van der Waals surface area contributed by atoms with E-state index >= 15 is 0 Å². The standard InChI is InChI=1S/C14H11Br2ClIN3/c15-8-5-9(16)12(19-6-8)14-20-11(7-3-1-2-4-7)10(18)13(17)21-14/h5-7H,1-4H2. The van der Waals surface area contributed by atoms with Crippen LogP contribution in [0, 0.1) is 3.57 Å². The van der Waals surface area contributed by atoms with Crippen molar-refractivity contribution in [2.75, 3.05) is 0 Å². The van der Waals surface area contributed by atoms with Gasteiger partial charge in [0.05, 0.1) is 9.26 Å². The smallest absolute Gasteiger partial charge is 0.181 e. The number of pyridine rings is 1. The molecular formula is C14H11Br2ClIN3. The van der Waals surface area contributed by atoms with Crippen LogP contribution in [0.3, 0.4) is 0 Å². The minimum Gasteiger partial charge on any atom is -0.251 e. The molecule has 7 heteroatoms. The third-order valence-corrected chi connectivity index (χ3v) is 6.29. The number of halogens is 4. The first-order chi connectivity index (χ1) is 10.1. The van der Waals surface area contributed by atoms with Crippen molar-refractivity contribution in [2.45, 2.75) is 31.6 Å². The van der Waals surface area contributed by atoms with Gasteiger partial charge in [-0.15, -0.1) is 0 Å². The maximum Gasteiger partial charge on any atom is 0.181 e. The molecule has 3 rings (SSSR count). The second-order valence-electron chi connectivity index (χ2n) is 5.00. The molecule has 110 valence electrons. The second-order valence-corrected chi connectivity index (χ2v) is 8.21. The van der Waals surface area contributed by atoms with Gasteiger partial charge in [0.1, 0.15) is 10.8 Å². The lowest BCUT2D eigenvalue weighted by atomic mass is 10.0. The zero-order valence-electron chi connectivity index (χ0n) is 10.9. The summed E-state index contributed by atoms with van der Waals surface area (Å²) in [7, 11) is 0. The normalized spacial score (nSPS) is 15.6. The SMILES string of the molecule is Clc1nc(-c2ncc(Br)cc2Br)nc(C2CCCC2)c1I. The van der Waals surface area contributed by atoms with Gasteiger partial charge in [-0.25, -0.2) is 9.97 Å². The van der Waals surface area contributed by atoms with E-state index in [0.29, 0.717) is 16.9 Å². The van der Waals surface area contributed by atoms with Crippen LogP contribution in [0.5, 0.6) is 0 Å². The monoisotopic (exact) mass is 541 g/mol. The van der Waals surface area contributed by atoms with Gasteiger partial charge in [-0.2, -0.15) is 0 Å². The van der Waals surface area contributed by atoms with E-state index in [1.54, 1.807) is 6.20 Å². The summed E-state index contributed by atoms with van der Waals surface area (Å²) in [5.41, 5.74) is 1.79. The maximum absolute atomic E-state index is 6.32. The molecular weight excluding hydrogens is 532 g/mol. The fraction of sp³-hybridized carbons (Fsp3) is 0.357. The maximum atomic E-state index is 6.32. The van der Waals surface area contributed by atoms with Crippen LogP contribution >= 0.6 is 66.1 Å². The molecule has 0 atom stereocenters. The molecule has 0 spiro atoms. The van der Waals surface area contributed by atoms with Gasteiger partial charge >= 0.3 is 0 Å². The average molecular weight is 543 g/mol. The van der Waals surface area contributed by atoms with Gasteiger partial charge in [0.2, 0.25) is 0 Å². The minimum absolute atomic E-state index is 0.491. The summed E-state index contributed by atoms with van der Waals surface area (Å²) in [6.45, 7) is 0. The molecule has 0 amide bonds. The van der Waals surface area contributed by atoms with Crippen LogP contribution in [0.25, 0.3) is 11.5 Å². The Morgan fingerprint density at radius 3 is 2.57 bits per heavy atom. The first-order valence-corrected chi connectivity index (χ1v) is 9.65. The van der Waals surface area contributed by atoms with Gasteiger partial charge in [-0.1, -0.05) is 24.4 Å². The number of hydrogen-bond donors (Lipinski definition) is 0. The van der Waals surface area contributed by atoms with Gasteiger partial charge in [-0.05, 0) is 73.4 Å². The highest BCUT2D eigenvalue weighted by Gasteiger charge is 2.24. The first-order valence-electron chi connectivity index (χ1n) is 6.60. The van der Waals surface area contributed by atoms with Gasteiger partial charge in [-0.3, -0.25) is 4.98 Å². The first kappa shape index (κ1) is 16.1. The molecule has 1 fully saturated rings. The van der Waals surface area contributed by atoms with Crippen molar-refractivity contribution in [2.24, 2.45) is 0 Å². The Morgan fingerprint density at radius 1 is 1.19 bits per heavy atom. The van der Waals surface area contributed by atoms with Crippen molar-refractivity contribution in [3.8, 4) is 11.5 Å². The molecule has 0 aliphatic heterocycles. The fourth-order valence-electron chi connectivity index (χ4n) is 2.59. The van der Waals surface area contributed by atoms with Crippen LogP contribution in [-0.2, 0) is 0 Å². The molecule has 0 radical (unpaired) electrons. The van der Waals surface area contributed by atoms with Crippen LogP contribution in [0.15, 0.2) is 21.2 Å². The van der Waals surface area contributed by atoms with E-state index in [4.69, 9.17) is 16.6 Å². The van der Waals surface area contributed by atoms with Gasteiger partial charge in [0.25, 0.3) is 0 Å². The molecule has 1 aliphatic rings. The molecule has 1 aliphatic carbocycles. The zero-order valence-corrected chi connectivity index (χ0v) is 17.0. The van der Waals surface area contributed by atoms with Crippen molar-refractivity contribution >= 4 is 66.1 Å². The van der Waals surface area contributed by atoms with Crippen molar-refractivity contribution in [3.05, 3.63) is 35.6 Å². The molecule has 0 bridgehead atoms. The van der Waals surface area contributed by atoms with Gasteiger partial charge in [0, 0.05) is 21.1 Å². The average Bonchev–Trinajstić information content (AvgIpc) is 2.96. The quantitative estimate of drug-likeness (QED) is 0.346. The summed E-state index contributed by atoms with van der Waals surface area (Å²) >= 11 is 15.5. The highest BCUT2D eigenvalue weighted by molar-refractivity contribution is 14.1. The predicted molar refractivity (Wildman–Crippen MR) is 99.6 cm³/mol. The van der Waals surface area contributed by atoms with E-state index in [9.17, 15) is 0 Å². The van der Waals surface area contributed by atoms with Crippen LogP contribution < -0.4 is 0 Å². The summed E-state index contributed by atoms with van der Waals surface area (Å²) in [6.07, 6.45) is 6.62. The Kier molecular flexibility index (Phi) is 5.18. The number of hydrogen-bond acceptors (Lipinski definition) is 3. The van der Waals surface area contributed by atoms with E-state index in [0.717, 1.165) is 23.9 Å². The van der Waals surface area contributed by atoms with Crippen molar-refractivity contribution < 1.29 is 0 Å². The fourth-order valence-corrected chi connectivity index (χ4v) is 4.61. The summed E-state index contributed by atoms with van der Waals surface area (Å²) in [5, 5.41) is 0.513. The van der Waals surface area contributed by atoms with Crippen molar-refractivity contribution in [3.63, 3.8) is 0 Å². The topological polar surface area (TPSA) is 38.7 Å². The Balaban J connectivity index is 2.10. The lowest BCUT2D eigenvalue weighted by molar-refractivity contribution is 0.690. The van der Waals surface area contributed by atoms with Crippen molar-refractivity contribution in [1.82, 2.24) is 15.0 Å². The lowest BCUT2D eigenvalue weighted by Gasteiger charge is -2.13. The van der Waals surface area contributed by atoms with E-state index in [-0.39, 0.29) is 0 Å². The Bertz CT molecular complexity index is 690. The van der Waals surface area contributed by atoms with Crippen molar-refractivity contribution in [1.29, 1.82) is 0 Å².